The summed E-state index contributed by atoms with van der Waals surface area (Å²) in [6.45, 7) is 2.37. The number of likely N-dealkylation sites (tertiary alicyclic amines) is 1. The van der Waals surface area contributed by atoms with Crippen LogP contribution < -0.4 is 0 Å². The minimum absolute atomic E-state index is 0.127. The molecular weight excluding hydrogens is 254 g/mol. The second-order valence-electron chi connectivity index (χ2n) is 4.59. The molecule has 1 heterocycles. The minimum Gasteiger partial charge on any atom is -0.411 e. The van der Waals surface area contributed by atoms with Gasteiger partial charge >= 0.3 is 0 Å². The maximum atomic E-state index is 13.5. The van der Waals surface area contributed by atoms with E-state index in [1.165, 1.54) is 11.0 Å². The van der Waals surface area contributed by atoms with Crippen molar-refractivity contribution in [1.82, 2.24) is 4.90 Å². The smallest absolute Gasteiger partial charge is 0.259 e. The lowest BCUT2D eigenvalue weighted by molar-refractivity contribution is 0.0724. The maximum Gasteiger partial charge on any atom is 0.259 e. The van der Waals surface area contributed by atoms with Crippen molar-refractivity contribution < 1.29 is 18.8 Å². The summed E-state index contributed by atoms with van der Waals surface area (Å²) in [5, 5.41) is 11.9. The van der Waals surface area contributed by atoms with E-state index in [0.29, 0.717) is 12.1 Å². The Kier molecular flexibility index (Phi) is 3.78. The number of oxime groups is 1. The molecule has 1 saturated heterocycles. The zero-order chi connectivity index (χ0) is 14.0. The van der Waals surface area contributed by atoms with Gasteiger partial charge in [-0.1, -0.05) is 18.1 Å². The first kappa shape index (κ1) is 13.5. The van der Waals surface area contributed by atoms with Crippen LogP contribution in [0.3, 0.4) is 0 Å². The molecule has 1 amide bonds. The maximum absolute atomic E-state index is 13.5. The van der Waals surface area contributed by atoms with Gasteiger partial charge in [0.25, 0.3) is 5.91 Å². The second-order valence-corrected chi connectivity index (χ2v) is 4.59. The van der Waals surface area contributed by atoms with E-state index in [0.717, 1.165) is 12.1 Å². The number of carbonyl (C=O) groups is 1. The minimum atomic E-state index is -0.862. The van der Waals surface area contributed by atoms with Crippen LogP contribution in [0.25, 0.3) is 0 Å². The zero-order valence-corrected chi connectivity index (χ0v) is 10.4. The Morgan fingerprint density at radius 3 is 2.58 bits per heavy atom. The molecule has 1 N–H and O–H groups in total. The monoisotopic (exact) mass is 268 g/mol. The van der Waals surface area contributed by atoms with Gasteiger partial charge in [0.2, 0.25) is 0 Å². The summed E-state index contributed by atoms with van der Waals surface area (Å²) in [4.78, 5) is 13.5. The first-order valence-electron chi connectivity index (χ1n) is 5.98. The van der Waals surface area contributed by atoms with E-state index < -0.39 is 23.1 Å². The van der Waals surface area contributed by atoms with Crippen molar-refractivity contribution in [3.63, 3.8) is 0 Å². The summed E-state index contributed by atoms with van der Waals surface area (Å²) >= 11 is 0. The van der Waals surface area contributed by atoms with Crippen LogP contribution >= 0.6 is 0 Å². The number of piperidine rings is 1. The molecule has 0 aromatic heterocycles. The third kappa shape index (κ3) is 2.57. The topological polar surface area (TPSA) is 52.9 Å². The van der Waals surface area contributed by atoms with E-state index >= 15 is 0 Å². The molecule has 1 fully saturated rings. The van der Waals surface area contributed by atoms with Gasteiger partial charge in [0.1, 0.15) is 17.2 Å². The number of benzene rings is 1. The van der Waals surface area contributed by atoms with Crippen LogP contribution in [-0.4, -0.2) is 34.8 Å². The van der Waals surface area contributed by atoms with Crippen molar-refractivity contribution in [2.75, 3.05) is 13.1 Å². The number of hydrogen-bond acceptors (Lipinski definition) is 3. The van der Waals surface area contributed by atoms with Gasteiger partial charge < -0.3 is 10.1 Å². The Hall–Kier alpha value is -1.98. The average molecular weight is 268 g/mol. The highest BCUT2D eigenvalue weighted by Crippen LogP contribution is 2.19. The van der Waals surface area contributed by atoms with Gasteiger partial charge in [-0.25, -0.2) is 8.78 Å². The van der Waals surface area contributed by atoms with Crippen molar-refractivity contribution in [3.8, 4) is 0 Å². The Morgan fingerprint density at radius 2 is 2.05 bits per heavy atom. The van der Waals surface area contributed by atoms with Gasteiger partial charge in [0, 0.05) is 25.4 Å². The summed E-state index contributed by atoms with van der Waals surface area (Å²) in [6.07, 6.45) is 0.402. The van der Waals surface area contributed by atoms with Gasteiger partial charge in [0.15, 0.2) is 0 Å². The van der Waals surface area contributed by atoms with Gasteiger partial charge in [-0.15, -0.1) is 0 Å². The first-order valence-corrected chi connectivity index (χ1v) is 5.98. The average Bonchev–Trinajstić information content (AvgIpc) is 2.38. The van der Waals surface area contributed by atoms with E-state index in [-0.39, 0.29) is 19.0 Å². The van der Waals surface area contributed by atoms with E-state index in [1.54, 1.807) is 6.92 Å². The molecule has 0 aliphatic carbocycles. The fourth-order valence-corrected chi connectivity index (χ4v) is 2.22. The molecule has 102 valence electrons. The highest BCUT2D eigenvalue weighted by Gasteiger charge is 2.29. The number of halogens is 2. The van der Waals surface area contributed by atoms with E-state index in [4.69, 9.17) is 5.21 Å². The SMILES string of the molecule is CC1CN(C(=O)c2c(F)cccc2F)CC/C1=N\O. The van der Waals surface area contributed by atoms with Gasteiger partial charge in [-0.2, -0.15) is 0 Å². The number of carbonyl (C=O) groups excluding carboxylic acids is 1. The van der Waals surface area contributed by atoms with Crippen LogP contribution in [-0.2, 0) is 0 Å². The number of nitrogens with zero attached hydrogens (tertiary/aromatic N) is 2. The molecule has 4 nitrogen and oxygen atoms in total. The van der Waals surface area contributed by atoms with Crippen molar-refractivity contribution in [3.05, 3.63) is 35.4 Å². The summed E-state index contributed by atoms with van der Waals surface area (Å²) in [5.41, 5.74) is 0.0668. The molecule has 0 saturated carbocycles. The normalized spacial score (nSPS) is 21.7. The molecule has 2 rings (SSSR count). The largest absolute Gasteiger partial charge is 0.411 e. The molecule has 1 unspecified atom stereocenters. The molecule has 1 atom stereocenters. The van der Waals surface area contributed by atoms with Crippen LogP contribution in [0.15, 0.2) is 23.4 Å². The molecule has 19 heavy (non-hydrogen) atoms. The molecule has 0 spiro atoms. The predicted molar refractivity (Wildman–Crippen MR) is 65.3 cm³/mol. The Morgan fingerprint density at radius 1 is 1.42 bits per heavy atom. The lowest BCUT2D eigenvalue weighted by Gasteiger charge is -2.31. The Bertz CT molecular complexity index is 511. The molecule has 0 bridgehead atoms. The first-order chi connectivity index (χ1) is 9.04. The van der Waals surface area contributed by atoms with E-state index in [1.807, 2.05) is 0 Å². The van der Waals surface area contributed by atoms with Crippen molar-refractivity contribution in [1.29, 1.82) is 0 Å². The molecule has 1 aliphatic heterocycles. The Balaban J connectivity index is 2.22. The van der Waals surface area contributed by atoms with Gasteiger partial charge in [0.05, 0.1) is 5.71 Å². The van der Waals surface area contributed by atoms with Crippen LogP contribution in [0.2, 0.25) is 0 Å². The lowest BCUT2D eigenvalue weighted by Crippen LogP contribution is -2.43. The number of amides is 1. The fraction of sp³-hybridized carbons (Fsp3) is 0.385. The molecule has 0 radical (unpaired) electrons. The summed E-state index contributed by atoms with van der Waals surface area (Å²) < 4.78 is 27.1. The van der Waals surface area contributed by atoms with Crippen LogP contribution in [0.4, 0.5) is 8.78 Å². The highest BCUT2D eigenvalue weighted by atomic mass is 19.1. The summed E-state index contributed by atoms with van der Waals surface area (Å²) in [5.74, 6) is -2.52. The third-order valence-corrected chi connectivity index (χ3v) is 3.29. The van der Waals surface area contributed by atoms with Crippen LogP contribution in [0.5, 0.6) is 0 Å². The summed E-state index contributed by atoms with van der Waals surface area (Å²) in [6, 6.07) is 3.34. The molecule has 1 aromatic rings. The van der Waals surface area contributed by atoms with Crippen LogP contribution in [0, 0.1) is 17.6 Å². The molecular formula is C13H14F2N2O2. The summed E-state index contributed by atoms with van der Waals surface area (Å²) in [7, 11) is 0. The predicted octanol–water partition coefficient (Wildman–Crippen LogP) is 2.28. The molecule has 6 heteroatoms. The van der Waals surface area contributed by atoms with Crippen LogP contribution in [0.1, 0.15) is 23.7 Å². The lowest BCUT2D eigenvalue weighted by atomic mass is 9.97. The second kappa shape index (κ2) is 5.34. The molecule has 1 aromatic carbocycles. The molecule has 1 aliphatic rings. The zero-order valence-electron chi connectivity index (χ0n) is 10.4. The quantitative estimate of drug-likeness (QED) is 0.627. The van der Waals surface area contributed by atoms with E-state index in [2.05, 4.69) is 5.16 Å². The van der Waals surface area contributed by atoms with Gasteiger partial charge in [-0.3, -0.25) is 4.79 Å². The fourth-order valence-electron chi connectivity index (χ4n) is 2.22. The standard InChI is InChI=1S/C13H14F2N2O2/c1-8-7-17(6-5-11(8)16-19)13(18)12-9(14)3-2-4-10(12)15/h2-4,8,19H,5-7H2,1H3/b16-11+. The Labute approximate surface area is 109 Å². The van der Waals surface area contributed by atoms with Crippen molar-refractivity contribution in [2.24, 2.45) is 11.1 Å². The third-order valence-electron chi connectivity index (χ3n) is 3.29. The van der Waals surface area contributed by atoms with Crippen molar-refractivity contribution >= 4 is 11.6 Å². The highest BCUT2D eigenvalue weighted by molar-refractivity contribution is 5.96. The van der Waals surface area contributed by atoms with Crippen molar-refractivity contribution in [2.45, 2.75) is 13.3 Å². The van der Waals surface area contributed by atoms with Gasteiger partial charge in [-0.05, 0) is 12.1 Å². The van der Waals surface area contributed by atoms with E-state index in [9.17, 15) is 13.6 Å². The number of hydrogen-bond donors (Lipinski definition) is 1. The number of rotatable bonds is 1.